The maximum absolute atomic E-state index is 12.8. The van der Waals surface area contributed by atoms with E-state index in [4.69, 9.17) is 23.2 Å². The molecule has 8 heteroatoms. The van der Waals surface area contributed by atoms with Gasteiger partial charge >= 0.3 is 0 Å². The SMILES string of the molecule is O=C(c1ccc(Cl)cc1NCc1cc(=O)n2cc(Cl)ccc2n1)N1CCCC1. The molecule has 3 heterocycles. The van der Waals surface area contributed by atoms with Gasteiger partial charge in [0.1, 0.15) is 5.65 Å². The van der Waals surface area contributed by atoms with E-state index in [1.54, 1.807) is 30.3 Å². The summed E-state index contributed by atoms with van der Waals surface area (Å²) in [5.74, 6) is -0.0159. The summed E-state index contributed by atoms with van der Waals surface area (Å²) < 4.78 is 1.40. The topological polar surface area (TPSA) is 66.7 Å². The third kappa shape index (κ3) is 3.84. The Morgan fingerprint density at radius 1 is 1.07 bits per heavy atom. The van der Waals surface area contributed by atoms with E-state index < -0.39 is 0 Å². The monoisotopic (exact) mass is 416 g/mol. The van der Waals surface area contributed by atoms with Gasteiger partial charge in [-0.3, -0.25) is 14.0 Å². The molecule has 0 unspecified atom stereocenters. The summed E-state index contributed by atoms with van der Waals surface area (Å²) >= 11 is 12.1. The molecule has 144 valence electrons. The molecular weight excluding hydrogens is 399 g/mol. The molecule has 2 aromatic heterocycles. The molecule has 0 bridgehead atoms. The molecule has 1 aromatic carbocycles. The van der Waals surface area contributed by atoms with Gasteiger partial charge in [-0.2, -0.15) is 0 Å². The number of rotatable bonds is 4. The number of hydrogen-bond acceptors (Lipinski definition) is 4. The Morgan fingerprint density at radius 2 is 1.82 bits per heavy atom. The number of nitrogens with zero attached hydrogens (tertiary/aromatic N) is 3. The fourth-order valence-electron chi connectivity index (χ4n) is 3.34. The van der Waals surface area contributed by atoms with Gasteiger partial charge in [-0.05, 0) is 43.2 Å². The predicted octanol–water partition coefficient (Wildman–Crippen LogP) is 3.85. The molecule has 1 aliphatic heterocycles. The number of halogens is 2. The summed E-state index contributed by atoms with van der Waals surface area (Å²) in [6.07, 6.45) is 3.58. The quantitative estimate of drug-likeness (QED) is 0.701. The zero-order valence-corrected chi connectivity index (χ0v) is 16.5. The lowest BCUT2D eigenvalue weighted by Crippen LogP contribution is -2.28. The van der Waals surface area contributed by atoms with E-state index in [1.807, 2.05) is 4.90 Å². The number of pyridine rings is 1. The number of amides is 1. The molecule has 1 N–H and O–H groups in total. The van der Waals surface area contributed by atoms with Crippen LogP contribution in [0.25, 0.3) is 5.65 Å². The second-order valence-corrected chi connectivity index (χ2v) is 7.58. The van der Waals surface area contributed by atoms with Crippen molar-refractivity contribution in [3.8, 4) is 0 Å². The van der Waals surface area contributed by atoms with Crippen molar-refractivity contribution in [1.29, 1.82) is 0 Å². The third-order valence-electron chi connectivity index (χ3n) is 4.74. The fourth-order valence-corrected chi connectivity index (χ4v) is 3.67. The molecule has 0 spiro atoms. The normalized spacial score (nSPS) is 13.9. The molecule has 6 nitrogen and oxygen atoms in total. The summed E-state index contributed by atoms with van der Waals surface area (Å²) in [6, 6.07) is 9.98. The largest absolute Gasteiger partial charge is 0.379 e. The smallest absolute Gasteiger partial charge is 0.258 e. The Bertz CT molecular complexity index is 1110. The van der Waals surface area contributed by atoms with Gasteiger partial charge in [0, 0.05) is 36.1 Å². The van der Waals surface area contributed by atoms with Gasteiger partial charge in [0.05, 0.1) is 22.8 Å². The number of aromatic nitrogens is 2. The number of benzene rings is 1. The predicted molar refractivity (Wildman–Crippen MR) is 110 cm³/mol. The van der Waals surface area contributed by atoms with Gasteiger partial charge in [0.25, 0.3) is 11.5 Å². The van der Waals surface area contributed by atoms with Crippen molar-refractivity contribution >= 4 is 40.4 Å². The Kier molecular flexibility index (Phi) is 5.24. The van der Waals surface area contributed by atoms with Crippen LogP contribution in [0, 0.1) is 0 Å². The van der Waals surface area contributed by atoms with E-state index in [0.29, 0.717) is 32.6 Å². The Hall–Kier alpha value is -2.57. The summed E-state index contributed by atoms with van der Waals surface area (Å²) in [7, 11) is 0. The van der Waals surface area contributed by atoms with E-state index in [9.17, 15) is 9.59 Å². The molecule has 3 aromatic rings. The number of likely N-dealkylation sites (tertiary alicyclic amines) is 1. The number of carbonyl (C=O) groups excluding carboxylic acids is 1. The van der Waals surface area contributed by atoms with Crippen molar-refractivity contribution in [3.63, 3.8) is 0 Å². The van der Waals surface area contributed by atoms with Crippen molar-refractivity contribution in [2.45, 2.75) is 19.4 Å². The number of fused-ring (bicyclic) bond motifs is 1. The van der Waals surface area contributed by atoms with Crippen LogP contribution < -0.4 is 10.9 Å². The van der Waals surface area contributed by atoms with Crippen LogP contribution in [0.3, 0.4) is 0 Å². The lowest BCUT2D eigenvalue weighted by Gasteiger charge is -2.18. The molecule has 4 rings (SSSR count). The van der Waals surface area contributed by atoms with Gasteiger partial charge in [-0.25, -0.2) is 4.98 Å². The van der Waals surface area contributed by atoms with Crippen molar-refractivity contribution in [3.05, 3.63) is 74.3 Å². The highest BCUT2D eigenvalue weighted by atomic mass is 35.5. The molecule has 0 atom stereocenters. The standard InChI is InChI=1S/C20H18Cl2N4O2/c21-13-3-5-16(20(28)25-7-1-2-8-25)17(9-13)23-11-15-10-19(27)26-12-14(22)4-6-18(26)24-15/h3-6,9-10,12,23H,1-2,7-8,11H2. The summed E-state index contributed by atoms with van der Waals surface area (Å²) in [5.41, 5.74) is 2.04. The average Bonchev–Trinajstić information content (AvgIpc) is 3.21. The summed E-state index contributed by atoms with van der Waals surface area (Å²) in [5, 5.41) is 4.20. The first-order valence-corrected chi connectivity index (χ1v) is 9.77. The lowest BCUT2D eigenvalue weighted by molar-refractivity contribution is 0.0793. The Balaban J connectivity index is 1.60. The van der Waals surface area contributed by atoms with Crippen LogP contribution in [0.15, 0.2) is 47.4 Å². The molecule has 1 aliphatic rings. The Morgan fingerprint density at radius 3 is 2.61 bits per heavy atom. The van der Waals surface area contributed by atoms with Crippen molar-refractivity contribution in [2.24, 2.45) is 0 Å². The van der Waals surface area contributed by atoms with E-state index in [-0.39, 0.29) is 18.0 Å². The first-order chi connectivity index (χ1) is 13.5. The minimum Gasteiger partial charge on any atom is -0.379 e. The maximum atomic E-state index is 12.8. The number of nitrogens with one attached hydrogen (secondary N) is 1. The lowest BCUT2D eigenvalue weighted by atomic mass is 10.1. The zero-order valence-electron chi connectivity index (χ0n) is 15.0. The van der Waals surface area contributed by atoms with Gasteiger partial charge in [-0.15, -0.1) is 0 Å². The molecule has 1 amide bonds. The highest BCUT2D eigenvalue weighted by Crippen LogP contribution is 2.24. The molecule has 0 aliphatic carbocycles. The molecule has 28 heavy (non-hydrogen) atoms. The van der Waals surface area contributed by atoms with Crippen LogP contribution >= 0.6 is 23.2 Å². The highest BCUT2D eigenvalue weighted by Gasteiger charge is 2.22. The molecule has 1 saturated heterocycles. The summed E-state index contributed by atoms with van der Waals surface area (Å²) in [6.45, 7) is 1.83. The van der Waals surface area contributed by atoms with Crippen LogP contribution in [0.2, 0.25) is 10.0 Å². The van der Waals surface area contributed by atoms with Crippen molar-refractivity contribution in [1.82, 2.24) is 14.3 Å². The van der Waals surface area contributed by atoms with Crippen LogP contribution in [0.4, 0.5) is 5.69 Å². The number of hydrogen-bond donors (Lipinski definition) is 1. The second kappa shape index (κ2) is 7.81. The third-order valence-corrected chi connectivity index (χ3v) is 5.20. The zero-order chi connectivity index (χ0) is 19.7. The van der Waals surface area contributed by atoms with Crippen molar-refractivity contribution < 1.29 is 4.79 Å². The van der Waals surface area contributed by atoms with Gasteiger partial charge in [0.2, 0.25) is 0 Å². The van der Waals surface area contributed by atoms with Crippen LogP contribution in [0.1, 0.15) is 28.9 Å². The minimum atomic E-state index is -0.219. The van der Waals surface area contributed by atoms with E-state index in [1.165, 1.54) is 16.7 Å². The number of carbonyl (C=O) groups is 1. The Labute approximate surface area is 171 Å². The first kappa shape index (κ1) is 18.8. The second-order valence-electron chi connectivity index (χ2n) is 6.70. The fraction of sp³-hybridized carbons (Fsp3) is 0.250. The first-order valence-electron chi connectivity index (χ1n) is 9.02. The highest BCUT2D eigenvalue weighted by molar-refractivity contribution is 6.31. The van der Waals surface area contributed by atoms with E-state index in [2.05, 4.69) is 10.3 Å². The number of anilines is 1. The van der Waals surface area contributed by atoms with Gasteiger partial charge < -0.3 is 10.2 Å². The van der Waals surface area contributed by atoms with E-state index >= 15 is 0 Å². The summed E-state index contributed by atoms with van der Waals surface area (Å²) in [4.78, 5) is 31.5. The molecule has 1 fully saturated rings. The van der Waals surface area contributed by atoms with Crippen LogP contribution in [-0.4, -0.2) is 33.3 Å². The maximum Gasteiger partial charge on any atom is 0.258 e. The van der Waals surface area contributed by atoms with Gasteiger partial charge in [-0.1, -0.05) is 23.2 Å². The van der Waals surface area contributed by atoms with Crippen LogP contribution in [-0.2, 0) is 6.54 Å². The minimum absolute atomic E-state index is 0.0159. The van der Waals surface area contributed by atoms with E-state index in [0.717, 1.165) is 25.9 Å². The molecule has 0 saturated carbocycles. The molecular formula is C20H18Cl2N4O2. The van der Waals surface area contributed by atoms with Gasteiger partial charge in [0.15, 0.2) is 0 Å². The average molecular weight is 417 g/mol. The van der Waals surface area contributed by atoms with Crippen LogP contribution in [0.5, 0.6) is 0 Å². The molecule has 0 radical (unpaired) electrons. The van der Waals surface area contributed by atoms with Crippen molar-refractivity contribution in [2.75, 3.05) is 18.4 Å².